The first kappa shape index (κ1) is 16.7. The molecule has 1 N–H and O–H groups in total. The Bertz CT molecular complexity index is 795. The number of nitrogens with zero attached hydrogens (tertiary/aromatic N) is 2. The maximum atomic E-state index is 12.8. The molecule has 7 nitrogen and oxygen atoms in total. The van der Waals surface area contributed by atoms with Crippen molar-refractivity contribution in [2.45, 2.75) is 11.3 Å². The minimum Gasteiger partial charge on any atom is -0.454 e. The van der Waals surface area contributed by atoms with Crippen LogP contribution in [0, 0.1) is 0 Å². The van der Waals surface area contributed by atoms with Gasteiger partial charge in [0.25, 0.3) is 0 Å². The van der Waals surface area contributed by atoms with Gasteiger partial charge in [0.15, 0.2) is 11.5 Å². The molecule has 0 spiro atoms. The number of rotatable bonds is 7. The maximum absolute atomic E-state index is 12.8. The third-order valence-electron chi connectivity index (χ3n) is 3.73. The number of hydrogen-bond acceptors (Lipinski definition) is 6. The van der Waals surface area contributed by atoms with Crippen LogP contribution in [-0.4, -0.2) is 49.3 Å². The van der Waals surface area contributed by atoms with Crippen LogP contribution in [0.15, 0.2) is 47.6 Å². The molecule has 0 saturated heterocycles. The van der Waals surface area contributed by atoms with Gasteiger partial charge in [0.1, 0.15) is 0 Å². The molecule has 0 unspecified atom stereocenters. The van der Waals surface area contributed by atoms with Gasteiger partial charge < -0.3 is 14.6 Å². The summed E-state index contributed by atoms with van der Waals surface area (Å²) in [5.41, 5.74) is 0.980. The van der Waals surface area contributed by atoms with Gasteiger partial charge in [-0.25, -0.2) is 8.42 Å². The molecule has 1 aromatic heterocycles. The fourth-order valence-electron chi connectivity index (χ4n) is 2.45. The number of fused-ring (bicyclic) bond motifs is 1. The van der Waals surface area contributed by atoms with Crippen LogP contribution in [0.5, 0.6) is 11.5 Å². The molecular formula is C16H18N2O5S. The fourth-order valence-corrected chi connectivity index (χ4v) is 3.90. The number of aliphatic hydroxyl groups is 1. The minimum absolute atomic E-state index is 0.0296. The van der Waals surface area contributed by atoms with Crippen LogP contribution >= 0.6 is 0 Å². The Kier molecular flexibility index (Phi) is 4.98. The zero-order valence-corrected chi connectivity index (χ0v) is 13.8. The van der Waals surface area contributed by atoms with Gasteiger partial charge >= 0.3 is 0 Å². The smallest absolute Gasteiger partial charge is 0.243 e. The van der Waals surface area contributed by atoms with E-state index in [9.17, 15) is 13.5 Å². The molecule has 0 bridgehead atoms. The van der Waals surface area contributed by atoms with E-state index in [0.717, 1.165) is 5.56 Å². The number of pyridine rings is 1. The van der Waals surface area contributed by atoms with Gasteiger partial charge in [-0.3, -0.25) is 4.98 Å². The number of aliphatic hydroxyl groups excluding tert-OH is 1. The lowest BCUT2D eigenvalue weighted by Crippen LogP contribution is -2.35. The summed E-state index contributed by atoms with van der Waals surface area (Å²) in [6, 6.07) is 8.19. The number of aromatic nitrogens is 1. The van der Waals surface area contributed by atoms with E-state index in [-0.39, 0.29) is 31.4 Å². The van der Waals surface area contributed by atoms with E-state index >= 15 is 0 Å². The quantitative estimate of drug-likeness (QED) is 0.802. The molecule has 1 aromatic carbocycles. The van der Waals surface area contributed by atoms with E-state index in [1.54, 1.807) is 18.5 Å². The van der Waals surface area contributed by atoms with Gasteiger partial charge in [0.05, 0.1) is 11.5 Å². The first-order valence-electron chi connectivity index (χ1n) is 7.51. The highest BCUT2D eigenvalue weighted by Gasteiger charge is 2.26. The zero-order chi connectivity index (χ0) is 17.0. The van der Waals surface area contributed by atoms with Crippen molar-refractivity contribution >= 4 is 10.0 Å². The van der Waals surface area contributed by atoms with Gasteiger partial charge in [-0.1, -0.05) is 0 Å². The molecular weight excluding hydrogens is 332 g/mol. The highest BCUT2D eigenvalue weighted by Crippen LogP contribution is 2.34. The summed E-state index contributed by atoms with van der Waals surface area (Å²) in [5, 5.41) is 9.24. The van der Waals surface area contributed by atoms with Crippen molar-refractivity contribution in [1.29, 1.82) is 0 Å². The van der Waals surface area contributed by atoms with E-state index in [2.05, 4.69) is 4.98 Å². The van der Waals surface area contributed by atoms with Crippen molar-refractivity contribution in [2.24, 2.45) is 0 Å². The molecule has 0 atom stereocenters. The normalized spacial score (nSPS) is 13.4. The van der Waals surface area contributed by atoms with Crippen molar-refractivity contribution in [3.8, 4) is 11.5 Å². The standard InChI is InChI=1S/C16H18N2O5S/c19-10-9-18(8-5-13-3-6-17-7-4-13)24(20,21)14-1-2-15-16(11-14)23-12-22-15/h1-4,6-7,11,19H,5,8-10,12H2. The molecule has 0 radical (unpaired) electrons. The molecule has 2 heterocycles. The molecule has 0 saturated carbocycles. The average molecular weight is 350 g/mol. The lowest BCUT2D eigenvalue weighted by Gasteiger charge is -2.21. The zero-order valence-electron chi connectivity index (χ0n) is 13.0. The highest BCUT2D eigenvalue weighted by molar-refractivity contribution is 7.89. The van der Waals surface area contributed by atoms with Crippen LogP contribution in [0.25, 0.3) is 0 Å². The van der Waals surface area contributed by atoms with Crippen molar-refractivity contribution in [3.63, 3.8) is 0 Å². The predicted molar refractivity (Wildman–Crippen MR) is 86.4 cm³/mol. The van der Waals surface area contributed by atoms with Gasteiger partial charge in [0.2, 0.25) is 16.8 Å². The van der Waals surface area contributed by atoms with E-state index in [1.165, 1.54) is 16.4 Å². The van der Waals surface area contributed by atoms with Gasteiger partial charge in [-0.15, -0.1) is 0 Å². The Balaban J connectivity index is 1.80. The second-order valence-corrected chi connectivity index (χ2v) is 7.19. The molecule has 8 heteroatoms. The third-order valence-corrected chi connectivity index (χ3v) is 5.63. The monoisotopic (exact) mass is 350 g/mol. The van der Waals surface area contributed by atoms with Gasteiger partial charge in [0, 0.05) is 31.5 Å². The summed E-state index contributed by atoms with van der Waals surface area (Å²) < 4.78 is 37.4. The topological polar surface area (TPSA) is 89.0 Å². The SMILES string of the molecule is O=S(=O)(c1ccc2c(c1)OCO2)N(CCO)CCc1ccncc1. The highest BCUT2D eigenvalue weighted by atomic mass is 32.2. The van der Waals surface area contributed by atoms with Gasteiger partial charge in [-0.05, 0) is 36.2 Å². The Morgan fingerprint density at radius 1 is 1.08 bits per heavy atom. The number of sulfonamides is 1. The average Bonchev–Trinajstić information content (AvgIpc) is 3.07. The van der Waals surface area contributed by atoms with Crippen LogP contribution < -0.4 is 9.47 Å². The molecule has 1 aliphatic rings. The molecule has 128 valence electrons. The van der Waals surface area contributed by atoms with Gasteiger partial charge in [-0.2, -0.15) is 4.31 Å². The van der Waals surface area contributed by atoms with Crippen LogP contribution in [0.2, 0.25) is 0 Å². The number of hydrogen-bond donors (Lipinski definition) is 1. The molecule has 0 amide bonds. The first-order chi connectivity index (χ1) is 11.6. The lowest BCUT2D eigenvalue weighted by atomic mass is 10.2. The molecule has 0 fully saturated rings. The van der Waals surface area contributed by atoms with Crippen LogP contribution in [0.4, 0.5) is 0 Å². The van der Waals surface area contributed by atoms with Crippen molar-refractivity contribution in [2.75, 3.05) is 26.5 Å². The third kappa shape index (κ3) is 3.50. The van der Waals surface area contributed by atoms with Crippen molar-refractivity contribution in [1.82, 2.24) is 9.29 Å². The summed E-state index contributed by atoms with van der Waals surface area (Å²) in [6.45, 7) is 0.130. The van der Waals surface area contributed by atoms with Crippen molar-refractivity contribution in [3.05, 3.63) is 48.3 Å². The second kappa shape index (κ2) is 7.16. The Labute approximate surface area is 140 Å². The largest absolute Gasteiger partial charge is 0.454 e. The molecule has 3 rings (SSSR count). The molecule has 2 aromatic rings. The van der Waals surface area contributed by atoms with E-state index < -0.39 is 10.0 Å². The van der Waals surface area contributed by atoms with Crippen LogP contribution in [0.1, 0.15) is 5.56 Å². The number of ether oxygens (including phenoxy) is 2. The van der Waals surface area contributed by atoms with Crippen molar-refractivity contribution < 1.29 is 23.0 Å². The van der Waals surface area contributed by atoms with Crippen LogP contribution in [0.3, 0.4) is 0 Å². The second-order valence-electron chi connectivity index (χ2n) is 5.25. The Hall–Kier alpha value is -2.16. The summed E-state index contributed by atoms with van der Waals surface area (Å²) in [5.74, 6) is 0.939. The lowest BCUT2D eigenvalue weighted by molar-refractivity contribution is 0.174. The van der Waals surface area contributed by atoms with E-state index in [4.69, 9.17) is 9.47 Å². The summed E-state index contributed by atoms with van der Waals surface area (Å²) in [7, 11) is -3.73. The molecule has 1 aliphatic heterocycles. The maximum Gasteiger partial charge on any atom is 0.243 e. The minimum atomic E-state index is -3.73. The summed E-state index contributed by atoms with van der Waals surface area (Å²) in [4.78, 5) is 4.06. The fraction of sp³-hybridized carbons (Fsp3) is 0.312. The Morgan fingerprint density at radius 2 is 1.83 bits per heavy atom. The Morgan fingerprint density at radius 3 is 2.58 bits per heavy atom. The van der Waals surface area contributed by atoms with E-state index in [0.29, 0.717) is 17.9 Å². The van der Waals surface area contributed by atoms with Crippen LogP contribution in [-0.2, 0) is 16.4 Å². The summed E-state index contributed by atoms with van der Waals surface area (Å²) >= 11 is 0. The number of benzene rings is 1. The summed E-state index contributed by atoms with van der Waals surface area (Å²) in [6.07, 6.45) is 3.86. The first-order valence-corrected chi connectivity index (χ1v) is 8.95. The molecule has 0 aliphatic carbocycles. The molecule has 24 heavy (non-hydrogen) atoms. The predicted octanol–water partition coefficient (Wildman–Crippen LogP) is 1.04. The van der Waals surface area contributed by atoms with E-state index in [1.807, 2.05) is 12.1 Å².